The maximum atomic E-state index is 11.2. The van der Waals surface area contributed by atoms with Crippen molar-refractivity contribution < 1.29 is 4.79 Å². The third-order valence-electron chi connectivity index (χ3n) is 2.39. The summed E-state index contributed by atoms with van der Waals surface area (Å²) in [5.41, 5.74) is 0. The van der Waals surface area contributed by atoms with Crippen LogP contribution in [0.3, 0.4) is 0 Å². The minimum absolute atomic E-state index is 0.140. The lowest BCUT2D eigenvalue weighted by Gasteiger charge is -2.35. The van der Waals surface area contributed by atoms with Gasteiger partial charge in [0.2, 0.25) is 5.91 Å². The Morgan fingerprint density at radius 1 is 1.77 bits per heavy atom. The van der Waals surface area contributed by atoms with Crippen molar-refractivity contribution in [1.29, 1.82) is 0 Å². The van der Waals surface area contributed by atoms with Crippen LogP contribution in [0.25, 0.3) is 0 Å². The van der Waals surface area contributed by atoms with Gasteiger partial charge in [0.1, 0.15) is 0 Å². The van der Waals surface area contributed by atoms with Gasteiger partial charge in [-0.1, -0.05) is 0 Å². The smallest absolute Gasteiger partial charge is 0.234 e. The highest BCUT2D eigenvalue weighted by molar-refractivity contribution is 5.79. The molecule has 1 saturated heterocycles. The first-order valence-corrected chi connectivity index (χ1v) is 4.81. The number of piperazine rings is 1. The molecule has 1 aliphatic heterocycles. The van der Waals surface area contributed by atoms with Crippen molar-refractivity contribution >= 4 is 5.91 Å². The highest BCUT2D eigenvalue weighted by atomic mass is 16.2. The molecule has 1 aliphatic rings. The molecule has 0 spiro atoms. The molecule has 76 valence electrons. The zero-order valence-corrected chi connectivity index (χ0v) is 8.63. The van der Waals surface area contributed by atoms with Crippen LogP contribution in [0.2, 0.25) is 0 Å². The molecule has 2 N–H and O–H groups in total. The van der Waals surface area contributed by atoms with E-state index in [1.165, 1.54) is 0 Å². The van der Waals surface area contributed by atoms with Crippen LogP contribution >= 0.6 is 0 Å². The maximum absolute atomic E-state index is 11.2. The van der Waals surface area contributed by atoms with Crippen molar-refractivity contribution in [2.45, 2.75) is 25.9 Å². The first kappa shape index (κ1) is 10.5. The first-order chi connectivity index (χ1) is 6.13. The van der Waals surface area contributed by atoms with Crippen molar-refractivity contribution in [3.63, 3.8) is 0 Å². The fourth-order valence-corrected chi connectivity index (χ4v) is 1.73. The summed E-state index contributed by atoms with van der Waals surface area (Å²) in [5, 5.41) is 6.03. The SMILES string of the molecule is CNCC(C)N1CC(=O)NC(C)C1. The summed E-state index contributed by atoms with van der Waals surface area (Å²) in [4.78, 5) is 13.4. The summed E-state index contributed by atoms with van der Waals surface area (Å²) in [6, 6.07) is 0.707. The number of nitrogens with one attached hydrogen (secondary N) is 2. The number of nitrogens with zero attached hydrogens (tertiary/aromatic N) is 1. The Morgan fingerprint density at radius 2 is 2.46 bits per heavy atom. The minimum Gasteiger partial charge on any atom is -0.351 e. The largest absolute Gasteiger partial charge is 0.351 e. The third-order valence-corrected chi connectivity index (χ3v) is 2.39. The molecular formula is C9H19N3O. The van der Waals surface area contributed by atoms with Gasteiger partial charge < -0.3 is 10.6 Å². The van der Waals surface area contributed by atoms with E-state index in [2.05, 4.69) is 22.5 Å². The topological polar surface area (TPSA) is 44.4 Å². The van der Waals surface area contributed by atoms with E-state index in [0.717, 1.165) is 13.1 Å². The van der Waals surface area contributed by atoms with Gasteiger partial charge in [-0.15, -0.1) is 0 Å². The normalized spacial score (nSPS) is 27.0. The van der Waals surface area contributed by atoms with Crippen LogP contribution in [0.1, 0.15) is 13.8 Å². The van der Waals surface area contributed by atoms with Crippen molar-refractivity contribution in [3.05, 3.63) is 0 Å². The molecule has 2 unspecified atom stereocenters. The lowest BCUT2D eigenvalue weighted by Crippen LogP contribution is -2.56. The lowest BCUT2D eigenvalue weighted by molar-refractivity contribution is -0.126. The highest BCUT2D eigenvalue weighted by Gasteiger charge is 2.24. The van der Waals surface area contributed by atoms with E-state index in [1.807, 2.05) is 14.0 Å². The molecule has 13 heavy (non-hydrogen) atoms. The number of amides is 1. The van der Waals surface area contributed by atoms with Gasteiger partial charge in [0.05, 0.1) is 6.54 Å². The molecule has 0 bridgehead atoms. The van der Waals surface area contributed by atoms with E-state index in [9.17, 15) is 4.79 Å². The Hall–Kier alpha value is -0.610. The van der Waals surface area contributed by atoms with E-state index >= 15 is 0 Å². The van der Waals surface area contributed by atoms with E-state index in [1.54, 1.807) is 0 Å². The number of carbonyl (C=O) groups excluding carboxylic acids is 1. The van der Waals surface area contributed by atoms with Gasteiger partial charge in [0.15, 0.2) is 0 Å². The van der Waals surface area contributed by atoms with E-state index < -0.39 is 0 Å². The lowest BCUT2D eigenvalue weighted by atomic mass is 10.2. The summed E-state index contributed by atoms with van der Waals surface area (Å²) in [6.07, 6.45) is 0. The average molecular weight is 185 g/mol. The predicted octanol–water partition coefficient (Wildman–Crippen LogP) is -0.585. The molecule has 1 rings (SSSR count). The number of rotatable bonds is 3. The summed E-state index contributed by atoms with van der Waals surface area (Å²) in [6.45, 7) is 6.60. The van der Waals surface area contributed by atoms with Crippen LogP contribution in [0, 0.1) is 0 Å². The number of hydrogen-bond acceptors (Lipinski definition) is 3. The second-order valence-corrected chi connectivity index (χ2v) is 3.80. The fourth-order valence-electron chi connectivity index (χ4n) is 1.73. The van der Waals surface area contributed by atoms with E-state index in [4.69, 9.17) is 0 Å². The van der Waals surface area contributed by atoms with Crippen molar-refractivity contribution in [2.24, 2.45) is 0 Å². The molecule has 0 aromatic carbocycles. The summed E-state index contributed by atoms with van der Waals surface area (Å²) in [7, 11) is 1.93. The Balaban J connectivity index is 2.44. The molecule has 0 aromatic rings. The Labute approximate surface area is 79.7 Å². The second-order valence-electron chi connectivity index (χ2n) is 3.80. The molecule has 1 fully saturated rings. The van der Waals surface area contributed by atoms with E-state index in [-0.39, 0.29) is 11.9 Å². The van der Waals surface area contributed by atoms with Gasteiger partial charge in [-0.3, -0.25) is 9.69 Å². The van der Waals surface area contributed by atoms with Gasteiger partial charge in [-0.25, -0.2) is 0 Å². The Morgan fingerprint density at radius 3 is 3.00 bits per heavy atom. The molecule has 1 heterocycles. The molecule has 0 aromatic heterocycles. The second kappa shape index (κ2) is 4.58. The standard InChI is InChI=1S/C9H19N3O/c1-7-5-12(6-9(13)11-7)8(2)4-10-3/h7-8,10H,4-6H2,1-3H3,(H,11,13). The molecule has 0 saturated carbocycles. The molecule has 4 heteroatoms. The quantitative estimate of drug-likeness (QED) is 0.618. The number of carbonyl (C=O) groups is 1. The molecule has 1 amide bonds. The molecule has 4 nitrogen and oxygen atoms in total. The van der Waals surface area contributed by atoms with Crippen LogP contribution in [0.5, 0.6) is 0 Å². The summed E-state index contributed by atoms with van der Waals surface area (Å²) in [5.74, 6) is 0.140. The van der Waals surface area contributed by atoms with Crippen LogP contribution in [0.4, 0.5) is 0 Å². The Bertz CT molecular complexity index is 184. The van der Waals surface area contributed by atoms with Gasteiger partial charge in [-0.05, 0) is 20.9 Å². The molecule has 2 atom stereocenters. The fraction of sp³-hybridized carbons (Fsp3) is 0.889. The van der Waals surface area contributed by atoms with Crippen LogP contribution in [-0.2, 0) is 4.79 Å². The predicted molar refractivity (Wildman–Crippen MR) is 52.6 cm³/mol. The van der Waals surface area contributed by atoms with Crippen LogP contribution in [0.15, 0.2) is 0 Å². The van der Waals surface area contributed by atoms with Crippen LogP contribution in [-0.4, -0.2) is 49.6 Å². The average Bonchev–Trinajstić information content (AvgIpc) is 2.03. The first-order valence-electron chi connectivity index (χ1n) is 4.81. The maximum Gasteiger partial charge on any atom is 0.234 e. The zero-order valence-electron chi connectivity index (χ0n) is 8.63. The number of likely N-dealkylation sites (N-methyl/N-ethyl adjacent to an activating group) is 1. The molecule has 0 radical (unpaired) electrons. The zero-order chi connectivity index (χ0) is 9.84. The van der Waals surface area contributed by atoms with Crippen LogP contribution < -0.4 is 10.6 Å². The number of hydrogen-bond donors (Lipinski definition) is 2. The van der Waals surface area contributed by atoms with Gasteiger partial charge in [0.25, 0.3) is 0 Å². The van der Waals surface area contributed by atoms with Crippen molar-refractivity contribution in [3.8, 4) is 0 Å². The summed E-state index contributed by atoms with van der Waals surface area (Å²) < 4.78 is 0. The Kier molecular flexibility index (Phi) is 3.69. The van der Waals surface area contributed by atoms with Gasteiger partial charge >= 0.3 is 0 Å². The molecule has 0 aliphatic carbocycles. The van der Waals surface area contributed by atoms with Crippen molar-refractivity contribution in [2.75, 3.05) is 26.7 Å². The third kappa shape index (κ3) is 2.97. The van der Waals surface area contributed by atoms with Gasteiger partial charge in [-0.2, -0.15) is 0 Å². The monoisotopic (exact) mass is 185 g/mol. The molecular weight excluding hydrogens is 166 g/mol. The van der Waals surface area contributed by atoms with Crippen molar-refractivity contribution in [1.82, 2.24) is 15.5 Å². The van der Waals surface area contributed by atoms with Gasteiger partial charge in [0, 0.05) is 25.2 Å². The summed E-state index contributed by atoms with van der Waals surface area (Å²) >= 11 is 0. The van der Waals surface area contributed by atoms with E-state index in [0.29, 0.717) is 12.6 Å². The highest BCUT2D eigenvalue weighted by Crippen LogP contribution is 2.04. The minimum atomic E-state index is 0.140.